The van der Waals surface area contributed by atoms with Crippen LogP contribution >= 0.6 is 31.9 Å². The first kappa shape index (κ1) is 13.7. The fourth-order valence-electron chi connectivity index (χ4n) is 1.43. The van der Waals surface area contributed by atoms with Crippen molar-refractivity contribution < 1.29 is 9.26 Å². The van der Waals surface area contributed by atoms with E-state index >= 15 is 0 Å². The van der Waals surface area contributed by atoms with Gasteiger partial charge in [0.1, 0.15) is 0 Å². The summed E-state index contributed by atoms with van der Waals surface area (Å²) in [4.78, 5) is 4.26. The maximum atomic E-state index is 5.83. The minimum atomic E-state index is -0.386. The quantitative estimate of drug-likeness (QED) is 0.887. The van der Waals surface area contributed by atoms with E-state index in [9.17, 15) is 0 Å². The van der Waals surface area contributed by atoms with Crippen molar-refractivity contribution in [3.63, 3.8) is 0 Å². The van der Waals surface area contributed by atoms with E-state index in [4.69, 9.17) is 15.0 Å². The number of benzene rings is 1. The number of rotatable bonds is 4. The van der Waals surface area contributed by atoms with Gasteiger partial charge in [0, 0.05) is 21.6 Å². The van der Waals surface area contributed by atoms with Gasteiger partial charge in [-0.3, -0.25) is 0 Å². The van der Waals surface area contributed by atoms with Crippen molar-refractivity contribution in [2.75, 3.05) is 13.7 Å². The Bertz CT molecular complexity index is 525. The van der Waals surface area contributed by atoms with Crippen molar-refractivity contribution in [3.8, 4) is 11.5 Å². The van der Waals surface area contributed by atoms with Crippen molar-refractivity contribution >= 4 is 31.9 Å². The third kappa shape index (κ3) is 3.17. The van der Waals surface area contributed by atoms with Gasteiger partial charge in [-0.15, -0.1) is 0 Å². The van der Waals surface area contributed by atoms with Gasteiger partial charge in [-0.1, -0.05) is 37.0 Å². The Morgan fingerprint density at radius 3 is 2.61 bits per heavy atom. The Morgan fingerprint density at radius 2 is 2.00 bits per heavy atom. The zero-order valence-electron chi connectivity index (χ0n) is 9.56. The molecular weight excluding hydrogens is 366 g/mol. The summed E-state index contributed by atoms with van der Waals surface area (Å²) < 4.78 is 12.0. The van der Waals surface area contributed by atoms with Crippen molar-refractivity contribution in [2.45, 2.75) is 6.04 Å². The van der Waals surface area contributed by atoms with E-state index in [0.29, 0.717) is 18.3 Å². The molecule has 0 aliphatic heterocycles. The molecule has 0 fully saturated rings. The van der Waals surface area contributed by atoms with E-state index < -0.39 is 0 Å². The molecule has 1 heterocycles. The lowest BCUT2D eigenvalue weighted by Crippen LogP contribution is -2.17. The summed E-state index contributed by atoms with van der Waals surface area (Å²) in [5, 5.41) is 3.85. The third-order valence-corrected chi connectivity index (χ3v) is 3.14. The molecule has 96 valence electrons. The predicted molar refractivity (Wildman–Crippen MR) is 73.9 cm³/mol. The summed E-state index contributed by atoms with van der Waals surface area (Å²) >= 11 is 6.81. The van der Waals surface area contributed by atoms with Gasteiger partial charge in [0.2, 0.25) is 0 Å². The van der Waals surface area contributed by atoms with Crippen molar-refractivity contribution in [2.24, 2.45) is 5.73 Å². The average molecular weight is 377 g/mol. The Morgan fingerprint density at radius 1 is 1.33 bits per heavy atom. The van der Waals surface area contributed by atoms with Crippen LogP contribution in [0, 0.1) is 0 Å². The molecule has 0 aliphatic carbocycles. The van der Waals surface area contributed by atoms with Crippen LogP contribution in [0.5, 0.6) is 0 Å². The topological polar surface area (TPSA) is 74.2 Å². The Kier molecular flexibility index (Phi) is 4.50. The normalized spacial score (nSPS) is 12.7. The van der Waals surface area contributed by atoms with E-state index in [2.05, 4.69) is 42.0 Å². The van der Waals surface area contributed by atoms with Crippen LogP contribution in [-0.2, 0) is 4.74 Å². The molecule has 0 spiro atoms. The highest BCUT2D eigenvalue weighted by Crippen LogP contribution is 2.27. The average Bonchev–Trinajstić information content (AvgIpc) is 2.77. The number of aromatic nitrogens is 2. The van der Waals surface area contributed by atoms with Crippen LogP contribution in [0.1, 0.15) is 11.9 Å². The second-order valence-electron chi connectivity index (χ2n) is 3.68. The number of nitrogens with zero attached hydrogens (tertiary/aromatic N) is 2. The van der Waals surface area contributed by atoms with Crippen molar-refractivity contribution in [3.05, 3.63) is 33.0 Å². The molecule has 1 unspecified atom stereocenters. The predicted octanol–water partition coefficient (Wildman–Crippen LogP) is 2.91. The molecule has 2 aromatic rings. The molecule has 0 amide bonds. The second-order valence-corrected chi connectivity index (χ2v) is 5.51. The first-order valence-corrected chi connectivity index (χ1v) is 6.73. The molecular formula is C11H11Br2N3O2. The van der Waals surface area contributed by atoms with Crippen LogP contribution in [0.2, 0.25) is 0 Å². The molecule has 0 bridgehead atoms. The molecule has 7 heteroatoms. The first-order chi connectivity index (χ1) is 8.60. The molecule has 0 aliphatic rings. The Hall–Kier alpha value is -0.760. The molecule has 1 aromatic carbocycles. The molecule has 0 radical (unpaired) electrons. The zero-order valence-corrected chi connectivity index (χ0v) is 12.7. The maximum absolute atomic E-state index is 5.83. The van der Waals surface area contributed by atoms with E-state index in [1.54, 1.807) is 7.11 Å². The van der Waals surface area contributed by atoms with Gasteiger partial charge in [0.25, 0.3) is 5.89 Å². The SMILES string of the molecule is COCC(N)c1noc(-c2cc(Br)cc(Br)c2)n1. The van der Waals surface area contributed by atoms with Gasteiger partial charge in [-0.2, -0.15) is 4.98 Å². The van der Waals surface area contributed by atoms with Crippen LogP contribution in [0.3, 0.4) is 0 Å². The molecule has 2 rings (SSSR count). The molecule has 1 atom stereocenters. The van der Waals surface area contributed by atoms with Crippen LogP contribution < -0.4 is 5.73 Å². The van der Waals surface area contributed by atoms with Crippen molar-refractivity contribution in [1.29, 1.82) is 0 Å². The van der Waals surface area contributed by atoms with Crippen LogP contribution in [-0.4, -0.2) is 23.9 Å². The third-order valence-electron chi connectivity index (χ3n) is 2.23. The Labute approximate surface area is 121 Å². The summed E-state index contributed by atoms with van der Waals surface area (Å²) in [6.45, 7) is 0.348. The van der Waals surface area contributed by atoms with Gasteiger partial charge in [0.05, 0.1) is 12.6 Å². The lowest BCUT2D eigenvalue weighted by atomic mass is 10.2. The highest BCUT2D eigenvalue weighted by molar-refractivity contribution is 9.11. The maximum Gasteiger partial charge on any atom is 0.258 e. The Balaban J connectivity index is 2.29. The summed E-state index contributed by atoms with van der Waals surface area (Å²) in [5.41, 5.74) is 6.65. The summed E-state index contributed by atoms with van der Waals surface area (Å²) in [5.74, 6) is 0.863. The number of methoxy groups -OCH3 is 1. The van der Waals surface area contributed by atoms with E-state index in [1.807, 2.05) is 18.2 Å². The smallest absolute Gasteiger partial charge is 0.258 e. The number of hydrogen-bond donors (Lipinski definition) is 1. The zero-order chi connectivity index (χ0) is 13.1. The minimum Gasteiger partial charge on any atom is -0.383 e. The summed E-state index contributed by atoms with van der Waals surface area (Å²) in [7, 11) is 1.58. The largest absolute Gasteiger partial charge is 0.383 e. The first-order valence-electron chi connectivity index (χ1n) is 5.14. The van der Waals surface area contributed by atoms with Crippen LogP contribution in [0.15, 0.2) is 31.7 Å². The van der Waals surface area contributed by atoms with E-state index in [1.165, 1.54) is 0 Å². The number of hydrogen-bond acceptors (Lipinski definition) is 5. The molecule has 0 saturated carbocycles. The monoisotopic (exact) mass is 375 g/mol. The van der Waals surface area contributed by atoms with Crippen LogP contribution in [0.25, 0.3) is 11.5 Å². The fraction of sp³-hybridized carbons (Fsp3) is 0.273. The fourth-order valence-corrected chi connectivity index (χ4v) is 2.73. The summed E-state index contributed by atoms with van der Waals surface area (Å²) in [6, 6.07) is 5.33. The molecule has 1 aromatic heterocycles. The number of halogens is 2. The highest BCUT2D eigenvalue weighted by Gasteiger charge is 2.15. The van der Waals surface area contributed by atoms with Crippen LogP contribution in [0.4, 0.5) is 0 Å². The van der Waals surface area contributed by atoms with Gasteiger partial charge < -0.3 is 15.0 Å². The highest BCUT2D eigenvalue weighted by atomic mass is 79.9. The lowest BCUT2D eigenvalue weighted by Gasteiger charge is -2.03. The molecule has 5 nitrogen and oxygen atoms in total. The lowest BCUT2D eigenvalue weighted by molar-refractivity contribution is 0.177. The van der Waals surface area contributed by atoms with Gasteiger partial charge >= 0.3 is 0 Å². The number of nitrogens with two attached hydrogens (primary N) is 1. The van der Waals surface area contributed by atoms with E-state index in [0.717, 1.165) is 14.5 Å². The molecule has 18 heavy (non-hydrogen) atoms. The standard InChI is InChI=1S/C11H11Br2N3O2/c1-17-5-9(14)10-15-11(18-16-10)6-2-7(12)4-8(13)3-6/h2-4,9H,5,14H2,1H3. The summed E-state index contributed by atoms with van der Waals surface area (Å²) in [6.07, 6.45) is 0. The van der Waals surface area contributed by atoms with Gasteiger partial charge in [-0.25, -0.2) is 0 Å². The van der Waals surface area contributed by atoms with Gasteiger partial charge in [-0.05, 0) is 18.2 Å². The molecule has 2 N–H and O–H groups in total. The van der Waals surface area contributed by atoms with E-state index in [-0.39, 0.29) is 6.04 Å². The van der Waals surface area contributed by atoms with Crippen molar-refractivity contribution in [1.82, 2.24) is 10.1 Å². The molecule has 0 saturated heterocycles. The minimum absolute atomic E-state index is 0.348. The number of ether oxygens (including phenoxy) is 1. The van der Waals surface area contributed by atoms with Gasteiger partial charge in [0.15, 0.2) is 5.82 Å². The second kappa shape index (κ2) is 5.92.